The first-order chi connectivity index (χ1) is 8.56. The fourth-order valence-corrected chi connectivity index (χ4v) is 4.60. The van der Waals surface area contributed by atoms with Gasteiger partial charge < -0.3 is 9.80 Å². The van der Waals surface area contributed by atoms with Crippen molar-refractivity contribution in [2.24, 2.45) is 0 Å². The first kappa shape index (κ1) is 12.5. The minimum absolute atomic E-state index is 0.532. The molecule has 2 unspecified atom stereocenters. The van der Waals surface area contributed by atoms with E-state index in [-0.39, 0.29) is 0 Å². The van der Waals surface area contributed by atoms with Crippen LogP contribution >= 0.6 is 23.4 Å². The Balaban J connectivity index is 1.99. The maximum absolute atomic E-state index is 6.37. The summed E-state index contributed by atoms with van der Waals surface area (Å²) in [6.07, 6.45) is 1.16. The van der Waals surface area contributed by atoms with Gasteiger partial charge in [0.25, 0.3) is 0 Å². The van der Waals surface area contributed by atoms with Crippen molar-refractivity contribution in [1.82, 2.24) is 14.9 Å². The molecule has 0 saturated carbocycles. The van der Waals surface area contributed by atoms with Crippen LogP contribution in [0.5, 0.6) is 0 Å². The number of piperidine rings is 1. The zero-order valence-electron chi connectivity index (χ0n) is 10.9. The van der Waals surface area contributed by atoms with E-state index in [1.165, 1.54) is 5.56 Å². The van der Waals surface area contributed by atoms with E-state index in [1.807, 2.05) is 30.8 Å². The maximum Gasteiger partial charge on any atom is 0.227 e. The molecule has 1 aromatic rings. The summed E-state index contributed by atoms with van der Waals surface area (Å²) >= 11 is 8.24. The second-order valence-electron chi connectivity index (χ2n) is 5.24. The highest BCUT2D eigenvalue weighted by Crippen LogP contribution is 2.50. The van der Waals surface area contributed by atoms with E-state index in [0.29, 0.717) is 22.3 Å². The van der Waals surface area contributed by atoms with Gasteiger partial charge in [0, 0.05) is 37.4 Å². The van der Waals surface area contributed by atoms with Gasteiger partial charge in [-0.05, 0) is 20.0 Å². The number of aromatic nitrogens is 2. The van der Waals surface area contributed by atoms with Gasteiger partial charge in [-0.15, -0.1) is 11.8 Å². The van der Waals surface area contributed by atoms with Gasteiger partial charge in [-0.1, -0.05) is 11.6 Å². The Kier molecular flexibility index (Phi) is 3.16. The molecule has 3 heterocycles. The number of halogens is 1. The van der Waals surface area contributed by atoms with Crippen molar-refractivity contribution in [2.45, 2.75) is 22.6 Å². The molecule has 1 aromatic heterocycles. The minimum atomic E-state index is 0.532. The van der Waals surface area contributed by atoms with Crippen molar-refractivity contribution >= 4 is 29.3 Å². The van der Waals surface area contributed by atoms with E-state index in [2.05, 4.69) is 21.9 Å². The first-order valence-electron chi connectivity index (χ1n) is 6.16. The minimum Gasteiger partial charge on any atom is -0.347 e. The van der Waals surface area contributed by atoms with Gasteiger partial charge in [0.1, 0.15) is 10.2 Å². The topological polar surface area (TPSA) is 32.3 Å². The summed E-state index contributed by atoms with van der Waals surface area (Å²) in [7, 11) is 6.06. The fourth-order valence-electron chi connectivity index (χ4n) is 2.68. The Hall–Kier alpha value is -0.520. The molecule has 0 spiro atoms. The Morgan fingerprint density at radius 2 is 2.17 bits per heavy atom. The van der Waals surface area contributed by atoms with Crippen molar-refractivity contribution in [3.8, 4) is 0 Å². The normalized spacial score (nSPS) is 26.9. The van der Waals surface area contributed by atoms with E-state index < -0.39 is 0 Å². The molecule has 18 heavy (non-hydrogen) atoms. The van der Waals surface area contributed by atoms with Crippen LogP contribution in [0.15, 0.2) is 5.03 Å². The Bertz CT molecular complexity index is 479. The van der Waals surface area contributed by atoms with Crippen LogP contribution in [-0.2, 0) is 0 Å². The number of thioether (sulfide) groups is 1. The summed E-state index contributed by atoms with van der Waals surface area (Å²) in [4.78, 5) is 13.3. The molecule has 0 aliphatic carbocycles. The second kappa shape index (κ2) is 4.54. The predicted octanol–water partition coefficient (Wildman–Crippen LogP) is 2.09. The molecule has 2 aliphatic heterocycles. The number of hydrogen-bond acceptors (Lipinski definition) is 5. The lowest BCUT2D eigenvalue weighted by Crippen LogP contribution is -2.36. The molecular weight excluding hydrogens is 268 g/mol. The molecule has 2 atom stereocenters. The molecule has 6 heteroatoms. The van der Waals surface area contributed by atoms with Crippen LogP contribution in [0.2, 0.25) is 5.15 Å². The highest BCUT2D eigenvalue weighted by Gasteiger charge is 2.40. The van der Waals surface area contributed by atoms with E-state index >= 15 is 0 Å². The zero-order valence-corrected chi connectivity index (χ0v) is 12.4. The lowest BCUT2D eigenvalue weighted by atomic mass is 9.91. The third-order valence-corrected chi connectivity index (χ3v) is 5.25. The van der Waals surface area contributed by atoms with Gasteiger partial charge in [-0.25, -0.2) is 9.97 Å². The van der Waals surface area contributed by atoms with Gasteiger partial charge in [-0.2, -0.15) is 0 Å². The molecule has 0 amide bonds. The molecule has 0 N–H and O–H groups in total. The van der Waals surface area contributed by atoms with Gasteiger partial charge in [0.2, 0.25) is 5.95 Å². The van der Waals surface area contributed by atoms with Gasteiger partial charge in [-0.3, -0.25) is 0 Å². The standard InChI is InChI=1S/C12H17ClN4S/c1-16(2)12-14-10(13)9-7-4-5-17(3)6-8(7)18-11(9)15-12/h7-8H,4-6H2,1-3H3. The average molecular weight is 285 g/mol. The largest absolute Gasteiger partial charge is 0.347 e. The predicted molar refractivity (Wildman–Crippen MR) is 75.9 cm³/mol. The molecule has 2 aliphatic rings. The number of rotatable bonds is 1. The fraction of sp³-hybridized carbons (Fsp3) is 0.667. The quantitative estimate of drug-likeness (QED) is 0.738. The molecule has 3 rings (SSSR count). The third kappa shape index (κ3) is 1.98. The van der Waals surface area contributed by atoms with Gasteiger partial charge in [0.15, 0.2) is 0 Å². The molecule has 0 bridgehead atoms. The summed E-state index contributed by atoms with van der Waals surface area (Å²) in [5.74, 6) is 1.24. The molecule has 1 saturated heterocycles. The van der Waals surface area contributed by atoms with Crippen LogP contribution in [-0.4, -0.2) is 54.4 Å². The highest BCUT2D eigenvalue weighted by atomic mass is 35.5. The maximum atomic E-state index is 6.37. The van der Waals surface area contributed by atoms with Gasteiger partial charge >= 0.3 is 0 Å². The molecule has 1 fully saturated rings. The van der Waals surface area contributed by atoms with E-state index in [9.17, 15) is 0 Å². The number of anilines is 1. The smallest absolute Gasteiger partial charge is 0.227 e. The van der Waals surface area contributed by atoms with Crippen molar-refractivity contribution in [2.75, 3.05) is 39.1 Å². The SMILES string of the molecule is CN1CCC2c3c(Cl)nc(N(C)C)nc3SC2C1. The monoisotopic (exact) mass is 284 g/mol. The Morgan fingerprint density at radius 1 is 1.39 bits per heavy atom. The van der Waals surface area contributed by atoms with Crippen molar-refractivity contribution < 1.29 is 0 Å². The molecule has 0 radical (unpaired) electrons. The van der Waals surface area contributed by atoms with Crippen molar-refractivity contribution in [3.63, 3.8) is 0 Å². The van der Waals surface area contributed by atoms with Crippen molar-refractivity contribution in [1.29, 1.82) is 0 Å². The molecule has 98 valence electrons. The van der Waals surface area contributed by atoms with Crippen LogP contribution in [0.3, 0.4) is 0 Å². The average Bonchev–Trinajstić information content (AvgIpc) is 2.66. The molecule has 0 aromatic carbocycles. The number of fused-ring (bicyclic) bond motifs is 3. The summed E-state index contributed by atoms with van der Waals surface area (Å²) < 4.78 is 0. The van der Waals surface area contributed by atoms with Crippen LogP contribution in [0.4, 0.5) is 5.95 Å². The van der Waals surface area contributed by atoms with Crippen LogP contribution in [0.25, 0.3) is 0 Å². The lowest BCUT2D eigenvalue weighted by molar-refractivity contribution is 0.264. The zero-order chi connectivity index (χ0) is 12.9. The third-order valence-electron chi connectivity index (χ3n) is 3.65. The number of nitrogens with zero attached hydrogens (tertiary/aromatic N) is 4. The number of hydrogen-bond donors (Lipinski definition) is 0. The van der Waals surface area contributed by atoms with E-state index in [4.69, 9.17) is 11.6 Å². The van der Waals surface area contributed by atoms with Gasteiger partial charge in [0.05, 0.1) is 0 Å². The molecule has 4 nitrogen and oxygen atoms in total. The lowest BCUT2D eigenvalue weighted by Gasteiger charge is -2.31. The van der Waals surface area contributed by atoms with Crippen LogP contribution < -0.4 is 4.90 Å². The number of likely N-dealkylation sites (tertiary alicyclic amines) is 1. The summed E-state index contributed by atoms with van der Waals surface area (Å²) in [6.45, 7) is 2.24. The summed E-state index contributed by atoms with van der Waals surface area (Å²) in [5.41, 5.74) is 1.19. The molecular formula is C12H17ClN4S. The highest BCUT2D eigenvalue weighted by molar-refractivity contribution is 8.00. The Labute approximate surface area is 117 Å². The van der Waals surface area contributed by atoms with E-state index in [0.717, 1.165) is 24.5 Å². The Morgan fingerprint density at radius 3 is 2.89 bits per heavy atom. The summed E-state index contributed by atoms with van der Waals surface area (Å²) in [5, 5.41) is 2.32. The first-order valence-corrected chi connectivity index (χ1v) is 7.42. The summed E-state index contributed by atoms with van der Waals surface area (Å²) in [6, 6.07) is 0. The second-order valence-corrected chi connectivity index (χ2v) is 6.83. The van der Waals surface area contributed by atoms with Crippen LogP contribution in [0, 0.1) is 0 Å². The van der Waals surface area contributed by atoms with Crippen LogP contribution in [0.1, 0.15) is 17.9 Å². The van der Waals surface area contributed by atoms with Crippen molar-refractivity contribution in [3.05, 3.63) is 10.7 Å². The van der Waals surface area contributed by atoms with E-state index in [1.54, 1.807) is 0 Å².